The van der Waals surface area contributed by atoms with Crippen molar-refractivity contribution in [3.05, 3.63) is 36.0 Å². The molecule has 1 aliphatic rings. The third-order valence-corrected chi connectivity index (χ3v) is 4.04. The Labute approximate surface area is 114 Å². The van der Waals surface area contributed by atoms with Crippen LogP contribution in [0, 0.1) is 0 Å². The summed E-state index contributed by atoms with van der Waals surface area (Å²) in [6.07, 6.45) is 7.49. The van der Waals surface area contributed by atoms with E-state index in [4.69, 9.17) is 10.5 Å². The molecule has 2 heterocycles. The lowest BCUT2D eigenvalue weighted by Gasteiger charge is -2.11. The Morgan fingerprint density at radius 2 is 2.26 bits per heavy atom. The molecule has 0 bridgehead atoms. The predicted molar refractivity (Wildman–Crippen MR) is 78.0 cm³/mol. The normalized spacial score (nSPS) is 19.3. The third kappa shape index (κ3) is 2.67. The van der Waals surface area contributed by atoms with Crippen LogP contribution in [0.2, 0.25) is 0 Å². The predicted octanol–water partition coefficient (Wildman–Crippen LogP) is 3.06. The highest BCUT2D eigenvalue weighted by Gasteiger charge is 2.15. The van der Waals surface area contributed by atoms with E-state index in [1.54, 1.807) is 0 Å². The molecule has 1 aromatic carbocycles. The van der Waals surface area contributed by atoms with E-state index in [-0.39, 0.29) is 0 Å². The number of nitrogens with two attached hydrogens (primary N) is 1. The van der Waals surface area contributed by atoms with Crippen molar-refractivity contribution in [1.82, 2.24) is 4.57 Å². The second-order valence-electron chi connectivity index (χ2n) is 5.35. The molecule has 19 heavy (non-hydrogen) atoms. The first-order valence-corrected chi connectivity index (χ1v) is 7.27. The SMILES string of the molecule is NCc1cccc2ccn(CCCC3CCCO3)c12. The second kappa shape index (κ2) is 5.76. The van der Waals surface area contributed by atoms with E-state index in [1.165, 1.54) is 42.1 Å². The number of hydrogen-bond donors (Lipinski definition) is 1. The lowest BCUT2D eigenvalue weighted by atomic mass is 10.1. The maximum atomic E-state index is 5.84. The van der Waals surface area contributed by atoms with Crippen molar-refractivity contribution in [2.45, 2.75) is 44.9 Å². The fourth-order valence-electron chi connectivity index (χ4n) is 3.05. The molecule has 1 unspecified atom stereocenters. The zero-order chi connectivity index (χ0) is 13.1. The van der Waals surface area contributed by atoms with Crippen molar-refractivity contribution < 1.29 is 4.74 Å². The molecule has 102 valence electrons. The molecule has 0 saturated carbocycles. The third-order valence-electron chi connectivity index (χ3n) is 4.04. The molecule has 1 aliphatic heterocycles. The van der Waals surface area contributed by atoms with Crippen LogP contribution in [-0.2, 0) is 17.8 Å². The zero-order valence-corrected chi connectivity index (χ0v) is 11.3. The van der Waals surface area contributed by atoms with Gasteiger partial charge < -0.3 is 15.0 Å². The van der Waals surface area contributed by atoms with Gasteiger partial charge in [0.2, 0.25) is 0 Å². The smallest absolute Gasteiger partial charge is 0.0576 e. The zero-order valence-electron chi connectivity index (χ0n) is 11.3. The summed E-state index contributed by atoms with van der Waals surface area (Å²) >= 11 is 0. The number of benzene rings is 1. The Morgan fingerprint density at radius 3 is 3.05 bits per heavy atom. The Bertz CT molecular complexity index is 541. The highest BCUT2D eigenvalue weighted by molar-refractivity contribution is 5.83. The lowest BCUT2D eigenvalue weighted by molar-refractivity contribution is 0.101. The topological polar surface area (TPSA) is 40.2 Å². The molecule has 2 aromatic rings. The summed E-state index contributed by atoms with van der Waals surface area (Å²) in [4.78, 5) is 0. The van der Waals surface area contributed by atoms with Crippen molar-refractivity contribution in [3.63, 3.8) is 0 Å². The van der Waals surface area contributed by atoms with Gasteiger partial charge in [-0.15, -0.1) is 0 Å². The van der Waals surface area contributed by atoms with Gasteiger partial charge in [0.15, 0.2) is 0 Å². The van der Waals surface area contributed by atoms with Crippen LogP contribution in [-0.4, -0.2) is 17.3 Å². The van der Waals surface area contributed by atoms with Crippen molar-refractivity contribution in [3.8, 4) is 0 Å². The molecule has 0 radical (unpaired) electrons. The van der Waals surface area contributed by atoms with Crippen molar-refractivity contribution >= 4 is 10.9 Å². The minimum atomic E-state index is 0.496. The minimum absolute atomic E-state index is 0.496. The van der Waals surface area contributed by atoms with E-state index in [0.717, 1.165) is 13.2 Å². The molecule has 2 N–H and O–H groups in total. The first-order valence-electron chi connectivity index (χ1n) is 7.27. The molecule has 1 saturated heterocycles. The van der Waals surface area contributed by atoms with Gasteiger partial charge in [0, 0.05) is 25.9 Å². The molecule has 3 heteroatoms. The van der Waals surface area contributed by atoms with Gasteiger partial charge in [-0.1, -0.05) is 18.2 Å². The van der Waals surface area contributed by atoms with Gasteiger partial charge in [0.1, 0.15) is 0 Å². The monoisotopic (exact) mass is 258 g/mol. The van der Waals surface area contributed by atoms with Gasteiger partial charge in [0.25, 0.3) is 0 Å². The molecule has 0 amide bonds. The molecule has 3 nitrogen and oxygen atoms in total. The van der Waals surface area contributed by atoms with Crippen LogP contribution in [0.15, 0.2) is 30.5 Å². The van der Waals surface area contributed by atoms with Crippen LogP contribution in [0.1, 0.15) is 31.2 Å². The standard InChI is InChI=1S/C16H22N2O/c17-12-14-5-1-4-13-8-10-18(16(13)14)9-2-6-15-7-3-11-19-15/h1,4-5,8,10,15H,2-3,6-7,9,11-12,17H2. The molecule has 1 aromatic heterocycles. The Kier molecular flexibility index (Phi) is 3.85. The molecule has 3 rings (SSSR count). The number of ether oxygens (including phenoxy) is 1. The molecular formula is C16H22N2O. The maximum Gasteiger partial charge on any atom is 0.0576 e. The summed E-state index contributed by atoms with van der Waals surface area (Å²) < 4.78 is 8.02. The largest absolute Gasteiger partial charge is 0.378 e. The molecule has 1 fully saturated rings. The number of aryl methyl sites for hydroxylation is 1. The van der Waals surface area contributed by atoms with Gasteiger partial charge in [-0.25, -0.2) is 0 Å². The summed E-state index contributed by atoms with van der Waals surface area (Å²) in [5.74, 6) is 0. The Balaban J connectivity index is 1.70. The summed E-state index contributed by atoms with van der Waals surface area (Å²) in [5, 5.41) is 1.29. The fourth-order valence-corrected chi connectivity index (χ4v) is 3.05. The molecule has 0 aliphatic carbocycles. The highest BCUT2D eigenvalue weighted by Crippen LogP contribution is 2.22. The van der Waals surface area contributed by atoms with E-state index in [2.05, 4.69) is 35.0 Å². The highest BCUT2D eigenvalue weighted by atomic mass is 16.5. The molecular weight excluding hydrogens is 236 g/mol. The summed E-state index contributed by atoms with van der Waals surface area (Å²) in [6.45, 7) is 2.61. The van der Waals surface area contributed by atoms with Crippen LogP contribution in [0.5, 0.6) is 0 Å². The van der Waals surface area contributed by atoms with Gasteiger partial charge in [-0.05, 0) is 42.7 Å². The van der Waals surface area contributed by atoms with Crippen LogP contribution in [0.4, 0.5) is 0 Å². The van der Waals surface area contributed by atoms with Gasteiger partial charge in [-0.3, -0.25) is 0 Å². The fraction of sp³-hybridized carbons (Fsp3) is 0.500. The first kappa shape index (κ1) is 12.7. The summed E-state index contributed by atoms with van der Waals surface area (Å²) in [5.41, 5.74) is 8.38. The van der Waals surface area contributed by atoms with Gasteiger partial charge >= 0.3 is 0 Å². The van der Waals surface area contributed by atoms with Crippen molar-refractivity contribution in [1.29, 1.82) is 0 Å². The average molecular weight is 258 g/mol. The molecule has 0 spiro atoms. The van der Waals surface area contributed by atoms with Crippen LogP contribution >= 0.6 is 0 Å². The number of aromatic nitrogens is 1. The number of rotatable bonds is 5. The number of hydrogen-bond acceptors (Lipinski definition) is 2. The van der Waals surface area contributed by atoms with Crippen LogP contribution in [0.25, 0.3) is 10.9 Å². The Hall–Kier alpha value is -1.32. The van der Waals surface area contributed by atoms with E-state index < -0.39 is 0 Å². The van der Waals surface area contributed by atoms with Crippen molar-refractivity contribution in [2.24, 2.45) is 5.73 Å². The van der Waals surface area contributed by atoms with Gasteiger partial charge in [0.05, 0.1) is 11.6 Å². The number of para-hydroxylation sites is 1. The Morgan fingerprint density at radius 1 is 1.32 bits per heavy atom. The summed E-state index contributed by atoms with van der Waals surface area (Å²) in [7, 11) is 0. The van der Waals surface area contributed by atoms with E-state index >= 15 is 0 Å². The first-order chi connectivity index (χ1) is 9.38. The van der Waals surface area contributed by atoms with Gasteiger partial charge in [-0.2, -0.15) is 0 Å². The van der Waals surface area contributed by atoms with E-state index in [9.17, 15) is 0 Å². The van der Waals surface area contributed by atoms with Crippen molar-refractivity contribution in [2.75, 3.05) is 6.61 Å². The molecule has 1 atom stereocenters. The quantitative estimate of drug-likeness (QED) is 0.895. The lowest BCUT2D eigenvalue weighted by Crippen LogP contribution is -2.07. The average Bonchev–Trinajstić information content (AvgIpc) is 3.08. The number of fused-ring (bicyclic) bond motifs is 1. The number of nitrogens with zero attached hydrogens (tertiary/aromatic N) is 1. The summed E-state index contributed by atoms with van der Waals surface area (Å²) in [6, 6.07) is 8.55. The van der Waals surface area contributed by atoms with E-state index in [0.29, 0.717) is 12.6 Å². The van der Waals surface area contributed by atoms with Crippen LogP contribution in [0.3, 0.4) is 0 Å². The second-order valence-corrected chi connectivity index (χ2v) is 5.35. The van der Waals surface area contributed by atoms with Crippen LogP contribution < -0.4 is 5.73 Å². The van der Waals surface area contributed by atoms with E-state index in [1.807, 2.05) is 0 Å². The minimum Gasteiger partial charge on any atom is -0.378 e. The maximum absolute atomic E-state index is 5.84.